The van der Waals surface area contributed by atoms with Gasteiger partial charge in [0.15, 0.2) is 0 Å². The van der Waals surface area contributed by atoms with Gasteiger partial charge < -0.3 is 5.11 Å². The molecule has 0 bridgehead atoms. The molecule has 0 amide bonds. The maximum absolute atomic E-state index is 9.41. The zero-order valence-corrected chi connectivity index (χ0v) is 12.0. The van der Waals surface area contributed by atoms with Crippen molar-refractivity contribution in [3.05, 3.63) is 20.8 Å². The minimum Gasteiger partial charge on any atom is -0.396 e. The number of hydrogen-bond acceptors (Lipinski definition) is 3. The molecule has 0 saturated carbocycles. The third kappa shape index (κ3) is 3.06. The maximum Gasteiger partial charge on any atom is 0.0701 e. The van der Waals surface area contributed by atoms with E-state index in [1.807, 2.05) is 0 Å². The average molecular weight is 304 g/mol. The molecule has 16 heavy (non-hydrogen) atoms. The van der Waals surface area contributed by atoms with E-state index in [-0.39, 0.29) is 5.41 Å². The summed E-state index contributed by atoms with van der Waals surface area (Å²) in [5.41, 5.74) is 0.104. The summed E-state index contributed by atoms with van der Waals surface area (Å²) in [7, 11) is 0. The summed E-state index contributed by atoms with van der Waals surface area (Å²) >= 11 is 5.29. The van der Waals surface area contributed by atoms with Gasteiger partial charge in [-0.2, -0.15) is 0 Å². The quantitative estimate of drug-likeness (QED) is 0.927. The highest BCUT2D eigenvalue weighted by molar-refractivity contribution is 9.11. The monoisotopic (exact) mass is 303 g/mol. The lowest BCUT2D eigenvalue weighted by Gasteiger charge is -2.39. The number of piperidine rings is 1. The Morgan fingerprint density at radius 3 is 3.00 bits per heavy atom. The van der Waals surface area contributed by atoms with Gasteiger partial charge in [-0.05, 0) is 47.4 Å². The maximum atomic E-state index is 9.41. The van der Waals surface area contributed by atoms with Crippen molar-refractivity contribution in [2.75, 3.05) is 19.7 Å². The van der Waals surface area contributed by atoms with Crippen LogP contribution in [0.5, 0.6) is 0 Å². The van der Waals surface area contributed by atoms with Crippen LogP contribution in [0.4, 0.5) is 0 Å². The highest BCUT2D eigenvalue weighted by Crippen LogP contribution is 2.31. The normalized spacial score (nSPS) is 27.2. The Hall–Kier alpha value is 0.1000. The van der Waals surface area contributed by atoms with E-state index in [2.05, 4.69) is 39.9 Å². The first kappa shape index (κ1) is 12.6. The molecular weight excluding hydrogens is 286 g/mol. The molecule has 1 saturated heterocycles. The van der Waals surface area contributed by atoms with E-state index in [9.17, 15) is 5.11 Å². The van der Waals surface area contributed by atoms with Gasteiger partial charge in [0, 0.05) is 30.0 Å². The number of rotatable bonds is 3. The van der Waals surface area contributed by atoms with E-state index in [4.69, 9.17) is 0 Å². The second kappa shape index (κ2) is 5.17. The lowest BCUT2D eigenvalue weighted by atomic mass is 9.83. The molecule has 1 aromatic heterocycles. The number of thiophene rings is 1. The van der Waals surface area contributed by atoms with Gasteiger partial charge in [0.2, 0.25) is 0 Å². The summed E-state index contributed by atoms with van der Waals surface area (Å²) in [6.45, 7) is 5.68. The fourth-order valence-corrected chi connectivity index (χ4v) is 3.87. The largest absolute Gasteiger partial charge is 0.396 e. The highest BCUT2D eigenvalue weighted by Gasteiger charge is 2.30. The van der Waals surface area contributed by atoms with E-state index >= 15 is 0 Å². The zero-order valence-electron chi connectivity index (χ0n) is 9.58. The predicted octanol–water partition coefficient (Wildman–Crippen LogP) is 3.11. The minimum atomic E-state index is 0.104. The van der Waals surface area contributed by atoms with Crippen molar-refractivity contribution in [3.63, 3.8) is 0 Å². The van der Waals surface area contributed by atoms with E-state index in [0.717, 1.165) is 26.1 Å². The summed E-state index contributed by atoms with van der Waals surface area (Å²) in [5, 5.41) is 9.41. The standard InChI is InChI=1S/C12H18BrNOS/c1-12(9-15)5-2-6-14(8-12)7-10-3-4-11(13)16-10/h3-4,15H,2,5-9H2,1H3. The Kier molecular flexibility index (Phi) is 4.06. The number of aliphatic hydroxyl groups excluding tert-OH is 1. The molecule has 90 valence electrons. The molecule has 0 aliphatic carbocycles. The van der Waals surface area contributed by atoms with E-state index < -0.39 is 0 Å². The first-order valence-corrected chi connectivity index (χ1v) is 7.30. The molecule has 1 N–H and O–H groups in total. The summed E-state index contributed by atoms with van der Waals surface area (Å²) in [5.74, 6) is 0. The van der Waals surface area contributed by atoms with Crippen molar-refractivity contribution in [1.82, 2.24) is 4.90 Å². The summed E-state index contributed by atoms with van der Waals surface area (Å²) in [4.78, 5) is 3.85. The van der Waals surface area contributed by atoms with Crippen LogP contribution in [0.1, 0.15) is 24.6 Å². The first-order valence-electron chi connectivity index (χ1n) is 5.69. The molecule has 2 rings (SSSR count). The van der Waals surface area contributed by atoms with Gasteiger partial charge in [0.05, 0.1) is 3.79 Å². The van der Waals surface area contributed by atoms with Crippen LogP contribution in [0.25, 0.3) is 0 Å². The van der Waals surface area contributed by atoms with E-state index in [0.29, 0.717) is 6.61 Å². The van der Waals surface area contributed by atoms with Crippen molar-refractivity contribution < 1.29 is 5.11 Å². The summed E-state index contributed by atoms with van der Waals surface area (Å²) < 4.78 is 1.20. The number of hydrogen-bond donors (Lipinski definition) is 1. The molecule has 1 aliphatic rings. The van der Waals surface area contributed by atoms with Crippen LogP contribution in [-0.4, -0.2) is 29.7 Å². The van der Waals surface area contributed by atoms with E-state index in [1.54, 1.807) is 11.3 Å². The Labute approximate surface area is 109 Å². The molecule has 2 nitrogen and oxygen atoms in total. The van der Waals surface area contributed by atoms with Gasteiger partial charge >= 0.3 is 0 Å². The highest BCUT2D eigenvalue weighted by atomic mass is 79.9. The van der Waals surface area contributed by atoms with Crippen molar-refractivity contribution in [2.24, 2.45) is 5.41 Å². The molecule has 1 fully saturated rings. The molecular formula is C12H18BrNOS. The van der Waals surface area contributed by atoms with Crippen LogP contribution in [0.2, 0.25) is 0 Å². The Morgan fingerprint density at radius 1 is 1.56 bits per heavy atom. The molecule has 4 heteroatoms. The van der Waals surface area contributed by atoms with Gasteiger partial charge in [0.25, 0.3) is 0 Å². The third-order valence-electron chi connectivity index (χ3n) is 3.25. The molecule has 1 aliphatic heterocycles. The van der Waals surface area contributed by atoms with Crippen LogP contribution in [0.15, 0.2) is 15.9 Å². The van der Waals surface area contributed by atoms with Gasteiger partial charge in [-0.25, -0.2) is 0 Å². The second-order valence-corrected chi connectivity index (χ2v) is 7.54. The molecule has 1 unspecified atom stereocenters. The van der Waals surface area contributed by atoms with E-state index in [1.165, 1.54) is 15.1 Å². The predicted molar refractivity (Wildman–Crippen MR) is 71.7 cm³/mol. The zero-order chi connectivity index (χ0) is 11.6. The van der Waals surface area contributed by atoms with Gasteiger partial charge in [-0.1, -0.05) is 6.92 Å². The molecule has 0 spiro atoms. The lowest BCUT2D eigenvalue weighted by Crippen LogP contribution is -2.42. The van der Waals surface area contributed by atoms with Gasteiger partial charge in [-0.15, -0.1) is 11.3 Å². The molecule has 0 aromatic carbocycles. The fourth-order valence-electron chi connectivity index (χ4n) is 2.35. The first-order chi connectivity index (χ1) is 7.61. The summed E-state index contributed by atoms with van der Waals surface area (Å²) in [6.07, 6.45) is 2.34. The van der Waals surface area contributed by atoms with Crippen molar-refractivity contribution in [2.45, 2.75) is 26.3 Å². The topological polar surface area (TPSA) is 23.5 Å². The smallest absolute Gasteiger partial charge is 0.0701 e. The van der Waals surface area contributed by atoms with Crippen LogP contribution >= 0.6 is 27.3 Å². The number of aliphatic hydroxyl groups is 1. The minimum absolute atomic E-state index is 0.104. The Bertz CT molecular complexity index is 355. The van der Waals surface area contributed by atoms with Crippen molar-refractivity contribution >= 4 is 27.3 Å². The Morgan fingerprint density at radius 2 is 2.38 bits per heavy atom. The van der Waals surface area contributed by atoms with Crippen LogP contribution < -0.4 is 0 Å². The van der Waals surface area contributed by atoms with Crippen LogP contribution in [-0.2, 0) is 6.54 Å². The van der Waals surface area contributed by atoms with Crippen molar-refractivity contribution in [1.29, 1.82) is 0 Å². The van der Waals surface area contributed by atoms with Crippen molar-refractivity contribution in [3.8, 4) is 0 Å². The molecule has 1 aromatic rings. The molecule has 2 heterocycles. The SMILES string of the molecule is CC1(CO)CCCN(Cc2ccc(Br)s2)C1. The number of halogens is 1. The molecule has 1 atom stereocenters. The number of nitrogens with zero attached hydrogens (tertiary/aromatic N) is 1. The third-order valence-corrected chi connectivity index (χ3v) is 4.86. The lowest BCUT2D eigenvalue weighted by molar-refractivity contribution is 0.0434. The van der Waals surface area contributed by atoms with Gasteiger partial charge in [0.1, 0.15) is 0 Å². The average Bonchev–Trinajstić information content (AvgIpc) is 2.64. The van der Waals surface area contributed by atoms with Crippen LogP contribution in [0, 0.1) is 5.41 Å². The summed E-state index contributed by atoms with van der Waals surface area (Å²) in [6, 6.07) is 4.29. The fraction of sp³-hybridized carbons (Fsp3) is 0.667. The van der Waals surface area contributed by atoms with Gasteiger partial charge in [-0.3, -0.25) is 4.90 Å². The number of likely N-dealkylation sites (tertiary alicyclic amines) is 1. The molecule has 0 radical (unpaired) electrons. The second-order valence-electron chi connectivity index (χ2n) is 4.99. The van der Waals surface area contributed by atoms with Crippen LogP contribution in [0.3, 0.4) is 0 Å². The Balaban J connectivity index is 1.95.